The molecule has 4 N–H and O–H groups in total. The van der Waals surface area contributed by atoms with Crippen LogP contribution in [0.15, 0.2) is 53.3 Å². The molecule has 5 heteroatoms. The van der Waals surface area contributed by atoms with Gasteiger partial charge in [0.05, 0.1) is 5.52 Å². The third-order valence-corrected chi connectivity index (χ3v) is 5.12. The zero-order valence-corrected chi connectivity index (χ0v) is 16.5. The van der Waals surface area contributed by atoms with E-state index in [0.717, 1.165) is 17.9 Å². The van der Waals surface area contributed by atoms with Crippen molar-refractivity contribution < 1.29 is 0 Å². The number of benzene rings is 2. The molecule has 0 aliphatic rings. The van der Waals surface area contributed by atoms with Crippen LogP contribution in [0.25, 0.3) is 21.8 Å². The molecule has 2 aromatic carbocycles. The molecule has 2 heterocycles. The van der Waals surface area contributed by atoms with Crippen molar-refractivity contribution in [1.82, 2.24) is 15.3 Å². The van der Waals surface area contributed by atoms with Crippen LogP contribution >= 0.6 is 0 Å². The van der Waals surface area contributed by atoms with Crippen molar-refractivity contribution in [3.8, 4) is 0 Å². The van der Waals surface area contributed by atoms with Crippen LogP contribution in [-0.2, 0) is 6.54 Å². The Morgan fingerprint density at radius 3 is 2.64 bits per heavy atom. The molecular formula is C23H26N4O. The lowest BCUT2D eigenvalue weighted by molar-refractivity contribution is 0.563. The summed E-state index contributed by atoms with van der Waals surface area (Å²) >= 11 is 0. The van der Waals surface area contributed by atoms with Crippen LogP contribution in [0, 0.1) is 13.8 Å². The van der Waals surface area contributed by atoms with E-state index in [1.54, 1.807) is 6.07 Å². The topological polar surface area (TPSA) is 72.7 Å². The quantitative estimate of drug-likeness (QED) is 0.408. The van der Waals surface area contributed by atoms with E-state index in [2.05, 4.69) is 59.6 Å². The molecule has 1 unspecified atom stereocenters. The fraction of sp³-hybridized carbons (Fsp3) is 0.261. The number of rotatable bonds is 6. The van der Waals surface area contributed by atoms with Gasteiger partial charge in [-0.05, 0) is 56.2 Å². The number of hydrogen-bond donors (Lipinski definition) is 4. The standard InChI is InChI=1S/C23H26N4O/c1-14-8-15(2)19-10-17(26-21(19)9-14)13-24-16(3)12-25-23-11-22(28)18-6-4-5-7-20(18)27-23/h4-11,16,24,26H,12-13H2,1-3H3,(H2,25,27,28). The van der Waals surface area contributed by atoms with Gasteiger partial charge in [-0.15, -0.1) is 0 Å². The summed E-state index contributed by atoms with van der Waals surface area (Å²) in [6, 6.07) is 16.0. The first kappa shape index (κ1) is 18.3. The number of para-hydroxylation sites is 1. The minimum absolute atomic E-state index is 0.0289. The van der Waals surface area contributed by atoms with Crippen molar-refractivity contribution in [2.45, 2.75) is 33.4 Å². The molecule has 0 aliphatic heterocycles. The number of anilines is 1. The molecule has 0 radical (unpaired) electrons. The van der Waals surface area contributed by atoms with Crippen LogP contribution in [0.1, 0.15) is 23.7 Å². The van der Waals surface area contributed by atoms with Crippen molar-refractivity contribution in [3.05, 3.63) is 75.6 Å². The van der Waals surface area contributed by atoms with Crippen LogP contribution < -0.4 is 16.1 Å². The predicted molar refractivity (Wildman–Crippen MR) is 117 cm³/mol. The van der Waals surface area contributed by atoms with Crippen molar-refractivity contribution in [2.75, 3.05) is 11.9 Å². The van der Waals surface area contributed by atoms with E-state index in [-0.39, 0.29) is 11.5 Å². The molecule has 144 valence electrons. The minimum atomic E-state index is 0.0289. The summed E-state index contributed by atoms with van der Waals surface area (Å²) in [7, 11) is 0. The lowest BCUT2D eigenvalue weighted by Crippen LogP contribution is -2.32. The van der Waals surface area contributed by atoms with E-state index < -0.39 is 0 Å². The molecule has 0 aliphatic carbocycles. The highest BCUT2D eigenvalue weighted by Gasteiger charge is 2.07. The van der Waals surface area contributed by atoms with Gasteiger partial charge in [0.2, 0.25) is 0 Å². The normalized spacial score (nSPS) is 12.5. The van der Waals surface area contributed by atoms with Gasteiger partial charge in [0, 0.05) is 47.2 Å². The Kier molecular flexibility index (Phi) is 4.92. The fourth-order valence-corrected chi connectivity index (χ4v) is 3.66. The molecular weight excluding hydrogens is 348 g/mol. The van der Waals surface area contributed by atoms with Gasteiger partial charge in [0.15, 0.2) is 5.43 Å². The molecule has 4 aromatic rings. The monoisotopic (exact) mass is 374 g/mol. The summed E-state index contributed by atoms with van der Waals surface area (Å²) in [5.41, 5.74) is 5.81. The van der Waals surface area contributed by atoms with E-state index in [9.17, 15) is 4.79 Å². The molecule has 4 rings (SSSR count). The lowest BCUT2D eigenvalue weighted by Gasteiger charge is -2.15. The van der Waals surface area contributed by atoms with Gasteiger partial charge in [-0.2, -0.15) is 0 Å². The maximum absolute atomic E-state index is 12.2. The second-order valence-corrected chi connectivity index (χ2v) is 7.59. The van der Waals surface area contributed by atoms with Crippen molar-refractivity contribution >= 4 is 27.6 Å². The average Bonchev–Trinajstić information content (AvgIpc) is 3.08. The number of aromatic nitrogens is 2. The van der Waals surface area contributed by atoms with E-state index in [4.69, 9.17) is 0 Å². The molecule has 28 heavy (non-hydrogen) atoms. The molecule has 0 bridgehead atoms. The van der Waals surface area contributed by atoms with Crippen LogP contribution in [0.4, 0.5) is 5.82 Å². The number of hydrogen-bond acceptors (Lipinski definition) is 3. The largest absolute Gasteiger partial charge is 0.370 e. The fourth-order valence-electron chi connectivity index (χ4n) is 3.66. The number of aryl methyl sites for hydroxylation is 2. The zero-order chi connectivity index (χ0) is 19.7. The summed E-state index contributed by atoms with van der Waals surface area (Å²) in [5.74, 6) is 0.745. The average molecular weight is 374 g/mol. The van der Waals surface area contributed by atoms with Gasteiger partial charge in [0.25, 0.3) is 0 Å². The van der Waals surface area contributed by atoms with Gasteiger partial charge < -0.3 is 20.6 Å². The molecule has 2 aromatic heterocycles. The SMILES string of the molecule is Cc1cc(C)c2cc(CNC(C)CNc3cc(=O)c4ccccc4[nH]3)[nH]c2c1. The highest BCUT2D eigenvalue weighted by molar-refractivity contribution is 5.84. The maximum Gasteiger partial charge on any atom is 0.191 e. The summed E-state index contributed by atoms with van der Waals surface area (Å²) in [6.07, 6.45) is 0. The third kappa shape index (κ3) is 3.80. The molecule has 0 amide bonds. The molecule has 1 atom stereocenters. The summed E-state index contributed by atoms with van der Waals surface area (Å²) in [6.45, 7) is 7.88. The molecule has 0 spiro atoms. The second-order valence-electron chi connectivity index (χ2n) is 7.59. The van der Waals surface area contributed by atoms with Crippen molar-refractivity contribution in [2.24, 2.45) is 0 Å². The van der Waals surface area contributed by atoms with Crippen LogP contribution in [-0.4, -0.2) is 22.6 Å². The molecule has 5 nitrogen and oxygen atoms in total. The van der Waals surface area contributed by atoms with Crippen molar-refractivity contribution in [3.63, 3.8) is 0 Å². The Morgan fingerprint density at radius 2 is 1.79 bits per heavy atom. The highest BCUT2D eigenvalue weighted by Crippen LogP contribution is 2.21. The van der Waals surface area contributed by atoms with Gasteiger partial charge in [0.1, 0.15) is 5.82 Å². The first-order chi connectivity index (χ1) is 13.5. The molecule has 0 saturated carbocycles. The number of H-pyrrole nitrogens is 2. The Labute approximate surface area is 164 Å². The lowest BCUT2D eigenvalue weighted by atomic mass is 10.1. The molecule has 0 saturated heterocycles. The predicted octanol–water partition coefficient (Wildman–Crippen LogP) is 4.22. The van der Waals surface area contributed by atoms with Crippen LogP contribution in [0.2, 0.25) is 0 Å². The smallest absolute Gasteiger partial charge is 0.191 e. The Hall–Kier alpha value is -3.05. The van der Waals surface area contributed by atoms with Crippen molar-refractivity contribution in [1.29, 1.82) is 0 Å². The maximum atomic E-state index is 12.2. The summed E-state index contributed by atoms with van der Waals surface area (Å²) in [4.78, 5) is 19.0. The van der Waals surface area contributed by atoms with E-state index >= 15 is 0 Å². The summed E-state index contributed by atoms with van der Waals surface area (Å²) < 4.78 is 0. The van der Waals surface area contributed by atoms with Crippen LogP contribution in [0.3, 0.4) is 0 Å². The number of nitrogens with one attached hydrogen (secondary N) is 4. The van der Waals surface area contributed by atoms with E-state index in [1.165, 1.54) is 27.7 Å². The second kappa shape index (κ2) is 7.52. The first-order valence-electron chi connectivity index (χ1n) is 9.68. The van der Waals surface area contributed by atoms with Gasteiger partial charge in [-0.1, -0.05) is 18.2 Å². The van der Waals surface area contributed by atoms with E-state index in [1.807, 2.05) is 24.3 Å². The molecule has 0 fully saturated rings. The Balaban J connectivity index is 1.38. The van der Waals surface area contributed by atoms with Crippen LogP contribution in [0.5, 0.6) is 0 Å². The van der Waals surface area contributed by atoms with Gasteiger partial charge >= 0.3 is 0 Å². The third-order valence-electron chi connectivity index (χ3n) is 5.12. The number of fused-ring (bicyclic) bond motifs is 2. The van der Waals surface area contributed by atoms with Gasteiger partial charge in [-0.25, -0.2) is 0 Å². The highest BCUT2D eigenvalue weighted by atomic mass is 16.1. The number of aromatic amines is 2. The first-order valence-corrected chi connectivity index (χ1v) is 9.68. The summed E-state index contributed by atoms with van der Waals surface area (Å²) in [5, 5.41) is 8.85. The Bertz CT molecular complexity index is 1190. The van der Waals surface area contributed by atoms with Gasteiger partial charge in [-0.3, -0.25) is 4.79 Å². The number of pyridine rings is 1. The Morgan fingerprint density at radius 1 is 0.964 bits per heavy atom. The zero-order valence-electron chi connectivity index (χ0n) is 16.5. The van der Waals surface area contributed by atoms with E-state index in [0.29, 0.717) is 11.9 Å². The minimum Gasteiger partial charge on any atom is -0.370 e.